The van der Waals surface area contributed by atoms with Crippen LogP contribution >= 0.6 is 0 Å². The van der Waals surface area contributed by atoms with Crippen molar-refractivity contribution in [2.24, 2.45) is 17.8 Å². The lowest BCUT2D eigenvalue weighted by Crippen LogP contribution is -2.25. The van der Waals surface area contributed by atoms with E-state index in [0.29, 0.717) is 11.7 Å². The zero-order valence-corrected chi connectivity index (χ0v) is 10.0. The average Bonchev–Trinajstić information content (AvgIpc) is 2.72. The molecule has 0 N–H and O–H groups in total. The second-order valence-electron chi connectivity index (χ2n) is 5.58. The lowest BCUT2D eigenvalue weighted by Gasteiger charge is -2.18. The Hall–Kier alpha value is -0.370. The van der Waals surface area contributed by atoms with Gasteiger partial charge in [-0.15, -0.1) is 0 Å². The van der Waals surface area contributed by atoms with Gasteiger partial charge in [0, 0.05) is 18.9 Å². The fourth-order valence-electron chi connectivity index (χ4n) is 2.71. The van der Waals surface area contributed by atoms with Crippen molar-refractivity contribution in [1.29, 1.82) is 0 Å². The van der Waals surface area contributed by atoms with E-state index in [9.17, 15) is 4.79 Å². The van der Waals surface area contributed by atoms with Gasteiger partial charge in [-0.25, -0.2) is 0 Å². The first-order chi connectivity index (χ1) is 7.16. The number of Topliss-reactive ketones (excluding diaryl/α,β-unsaturated/α-hetero) is 1. The SMILES string of the molecule is CC1CC1CN(C)CCC1CCCC1=O. The summed E-state index contributed by atoms with van der Waals surface area (Å²) in [5.74, 6) is 2.79. The maximum Gasteiger partial charge on any atom is 0.136 e. The van der Waals surface area contributed by atoms with Gasteiger partial charge < -0.3 is 4.90 Å². The summed E-state index contributed by atoms with van der Waals surface area (Å²) in [6.07, 6.45) is 5.62. The van der Waals surface area contributed by atoms with Crippen LogP contribution in [0.3, 0.4) is 0 Å². The van der Waals surface area contributed by atoms with Crippen molar-refractivity contribution in [2.75, 3.05) is 20.1 Å². The van der Waals surface area contributed by atoms with Gasteiger partial charge in [0.05, 0.1) is 0 Å². The van der Waals surface area contributed by atoms with Gasteiger partial charge in [-0.2, -0.15) is 0 Å². The average molecular weight is 209 g/mol. The molecule has 0 bridgehead atoms. The monoisotopic (exact) mass is 209 g/mol. The van der Waals surface area contributed by atoms with Crippen LogP contribution in [0.25, 0.3) is 0 Å². The van der Waals surface area contributed by atoms with Gasteiger partial charge in [0.25, 0.3) is 0 Å². The molecule has 0 aliphatic heterocycles. The number of hydrogen-bond acceptors (Lipinski definition) is 2. The van der Waals surface area contributed by atoms with Crippen molar-refractivity contribution in [3.63, 3.8) is 0 Å². The quantitative estimate of drug-likeness (QED) is 0.692. The lowest BCUT2D eigenvalue weighted by molar-refractivity contribution is -0.120. The minimum absolute atomic E-state index is 0.393. The largest absolute Gasteiger partial charge is 0.306 e. The summed E-state index contributed by atoms with van der Waals surface area (Å²) in [4.78, 5) is 13.9. The molecule has 0 aromatic rings. The van der Waals surface area contributed by atoms with E-state index in [1.807, 2.05) is 0 Å². The molecule has 0 spiro atoms. The van der Waals surface area contributed by atoms with Crippen LogP contribution in [0.4, 0.5) is 0 Å². The summed E-state index contributed by atoms with van der Waals surface area (Å²) in [7, 11) is 2.20. The molecular formula is C13H23NO. The number of hydrogen-bond donors (Lipinski definition) is 0. The third kappa shape index (κ3) is 3.04. The zero-order chi connectivity index (χ0) is 10.8. The van der Waals surface area contributed by atoms with E-state index in [0.717, 1.165) is 44.1 Å². The van der Waals surface area contributed by atoms with E-state index in [1.54, 1.807) is 0 Å². The van der Waals surface area contributed by atoms with Crippen molar-refractivity contribution >= 4 is 5.78 Å². The Morgan fingerprint density at radius 1 is 1.47 bits per heavy atom. The maximum atomic E-state index is 11.5. The molecule has 2 nitrogen and oxygen atoms in total. The molecule has 2 aliphatic carbocycles. The first-order valence-electron chi connectivity index (χ1n) is 6.38. The molecule has 2 fully saturated rings. The highest BCUT2D eigenvalue weighted by Gasteiger charge is 2.33. The van der Waals surface area contributed by atoms with Crippen LogP contribution in [-0.2, 0) is 4.79 Å². The van der Waals surface area contributed by atoms with E-state index in [1.165, 1.54) is 13.0 Å². The molecule has 2 rings (SSSR count). The molecule has 3 unspecified atom stereocenters. The van der Waals surface area contributed by atoms with E-state index in [4.69, 9.17) is 0 Å². The lowest BCUT2D eigenvalue weighted by atomic mass is 10.0. The van der Waals surface area contributed by atoms with Gasteiger partial charge >= 0.3 is 0 Å². The normalized spacial score (nSPS) is 35.1. The summed E-state index contributed by atoms with van der Waals surface area (Å²) in [6, 6.07) is 0. The smallest absolute Gasteiger partial charge is 0.136 e. The summed E-state index contributed by atoms with van der Waals surface area (Å²) in [5.41, 5.74) is 0. The molecule has 0 aromatic heterocycles. The standard InChI is InChI=1S/C13H23NO/c1-10-8-12(10)9-14(2)7-6-11-4-3-5-13(11)15/h10-12H,3-9H2,1-2H3. The number of carbonyl (C=O) groups excluding carboxylic acids is 1. The molecule has 2 aliphatic rings. The first-order valence-corrected chi connectivity index (χ1v) is 6.38. The highest BCUT2D eigenvalue weighted by Crippen LogP contribution is 2.38. The number of nitrogens with zero attached hydrogens (tertiary/aromatic N) is 1. The first kappa shape index (κ1) is 11.1. The van der Waals surface area contributed by atoms with Crippen molar-refractivity contribution in [2.45, 2.75) is 39.0 Å². The summed E-state index contributed by atoms with van der Waals surface area (Å²) >= 11 is 0. The molecule has 0 saturated heterocycles. The molecule has 0 aromatic carbocycles. The van der Waals surface area contributed by atoms with Gasteiger partial charge in [0.1, 0.15) is 5.78 Å². The Bertz CT molecular complexity index is 239. The molecular weight excluding hydrogens is 186 g/mol. The summed E-state index contributed by atoms with van der Waals surface area (Å²) < 4.78 is 0. The second-order valence-corrected chi connectivity index (χ2v) is 5.58. The van der Waals surface area contributed by atoms with Gasteiger partial charge in [-0.1, -0.05) is 6.92 Å². The maximum absolute atomic E-state index is 11.5. The Morgan fingerprint density at radius 2 is 2.20 bits per heavy atom. The number of rotatable bonds is 5. The fourth-order valence-corrected chi connectivity index (χ4v) is 2.71. The van der Waals surface area contributed by atoms with Gasteiger partial charge in [-0.3, -0.25) is 4.79 Å². The van der Waals surface area contributed by atoms with Gasteiger partial charge in [0.2, 0.25) is 0 Å². The third-order valence-corrected chi connectivity index (χ3v) is 4.11. The minimum atomic E-state index is 0.393. The van der Waals surface area contributed by atoms with E-state index in [2.05, 4.69) is 18.9 Å². The third-order valence-electron chi connectivity index (χ3n) is 4.11. The molecule has 2 saturated carbocycles. The molecule has 0 heterocycles. The van der Waals surface area contributed by atoms with Crippen molar-refractivity contribution < 1.29 is 4.79 Å². The number of ketones is 1. The van der Waals surface area contributed by atoms with Crippen LogP contribution in [0.15, 0.2) is 0 Å². The summed E-state index contributed by atoms with van der Waals surface area (Å²) in [5, 5.41) is 0. The van der Waals surface area contributed by atoms with E-state index in [-0.39, 0.29) is 0 Å². The Morgan fingerprint density at radius 3 is 2.73 bits per heavy atom. The minimum Gasteiger partial charge on any atom is -0.306 e. The van der Waals surface area contributed by atoms with Crippen LogP contribution in [-0.4, -0.2) is 30.8 Å². The molecule has 86 valence electrons. The van der Waals surface area contributed by atoms with Gasteiger partial charge in [0.15, 0.2) is 0 Å². The molecule has 0 amide bonds. The zero-order valence-electron chi connectivity index (χ0n) is 10.0. The van der Waals surface area contributed by atoms with Crippen molar-refractivity contribution in [3.8, 4) is 0 Å². The fraction of sp³-hybridized carbons (Fsp3) is 0.923. The van der Waals surface area contributed by atoms with Crippen molar-refractivity contribution in [1.82, 2.24) is 4.90 Å². The molecule has 0 radical (unpaired) electrons. The van der Waals surface area contributed by atoms with Crippen molar-refractivity contribution in [3.05, 3.63) is 0 Å². The Balaban J connectivity index is 1.62. The molecule has 2 heteroatoms. The van der Waals surface area contributed by atoms with Crippen LogP contribution in [0.5, 0.6) is 0 Å². The predicted molar refractivity (Wildman–Crippen MR) is 61.7 cm³/mol. The van der Waals surface area contributed by atoms with Gasteiger partial charge in [-0.05, 0) is 51.1 Å². The topological polar surface area (TPSA) is 20.3 Å². The van der Waals surface area contributed by atoms with Crippen LogP contribution in [0.1, 0.15) is 39.0 Å². The van der Waals surface area contributed by atoms with E-state index >= 15 is 0 Å². The van der Waals surface area contributed by atoms with Crippen LogP contribution in [0.2, 0.25) is 0 Å². The highest BCUT2D eigenvalue weighted by molar-refractivity contribution is 5.82. The predicted octanol–water partition coefficient (Wildman–Crippen LogP) is 2.33. The number of carbonyl (C=O) groups is 1. The van der Waals surface area contributed by atoms with Crippen LogP contribution in [0, 0.1) is 17.8 Å². The molecule has 3 atom stereocenters. The Kier molecular flexibility index (Phi) is 3.45. The summed E-state index contributed by atoms with van der Waals surface area (Å²) in [6.45, 7) is 4.68. The van der Waals surface area contributed by atoms with Crippen LogP contribution < -0.4 is 0 Å². The molecule has 15 heavy (non-hydrogen) atoms. The highest BCUT2D eigenvalue weighted by atomic mass is 16.1. The Labute approximate surface area is 93.0 Å². The van der Waals surface area contributed by atoms with E-state index < -0.39 is 0 Å². The second kappa shape index (κ2) is 4.65.